The van der Waals surface area contributed by atoms with Gasteiger partial charge in [0.25, 0.3) is 0 Å². The van der Waals surface area contributed by atoms with Gasteiger partial charge in [-0.1, -0.05) is 66.7 Å². The zero-order valence-corrected chi connectivity index (χ0v) is 18.3. The first kappa shape index (κ1) is 24.2. The Balaban J connectivity index is 1.66. The number of carbonyl (C=O) groups is 1. The molecule has 0 aliphatic rings. The van der Waals surface area contributed by atoms with Crippen molar-refractivity contribution >= 4 is 5.97 Å². The molecule has 0 aliphatic heterocycles. The van der Waals surface area contributed by atoms with Gasteiger partial charge in [0.1, 0.15) is 12.1 Å². The first-order valence-electron chi connectivity index (χ1n) is 10.4. The number of phenols is 2. The number of carbonyl (C=O) groups excluding carboxylic acids is 1. The van der Waals surface area contributed by atoms with E-state index in [2.05, 4.69) is 10.9 Å². The van der Waals surface area contributed by atoms with E-state index in [0.29, 0.717) is 5.56 Å². The van der Waals surface area contributed by atoms with Crippen molar-refractivity contribution in [1.29, 1.82) is 0 Å². The molecule has 0 aromatic heterocycles. The van der Waals surface area contributed by atoms with E-state index in [1.807, 2.05) is 60.7 Å². The molecule has 0 amide bonds. The highest BCUT2D eigenvalue weighted by Crippen LogP contribution is 2.27. The third kappa shape index (κ3) is 7.30. The van der Waals surface area contributed by atoms with Gasteiger partial charge in [0, 0.05) is 6.42 Å². The fraction of sp³-hybridized carbons (Fsp3) is 0.240. The summed E-state index contributed by atoms with van der Waals surface area (Å²) in [6, 6.07) is 22.9. The Kier molecular flexibility index (Phi) is 8.39. The van der Waals surface area contributed by atoms with Crippen molar-refractivity contribution in [1.82, 2.24) is 10.9 Å². The molecule has 33 heavy (non-hydrogen) atoms. The summed E-state index contributed by atoms with van der Waals surface area (Å²) in [6.07, 6.45) is -1.31. The van der Waals surface area contributed by atoms with E-state index in [1.165, 1.54) is 12.1 Å². The van der Waals surface area contributed by atoms with Crippen LogP contribution >= 0.6 is 0 Å². The van der Waals surface area contributed by atoms with Crippen LogP contribution in [0.1, 0.15) is 23.6 Å². The summed E-state index contributed by atoms with van der Waals surface area (Å²) in [5.74, 6) is -1.14. The maximum absolute atomic E-state index is 13.0. The third-order valence-electron chi connectivity index (χ3n) is 4.98. The van der Waals surface area contributed by atoms with Gasteiger partial charge in [-0.05, 0) is 35.7 Å². The highest BCUT2D eigenvalue weighted by atomic mass is 16.6. The molecule has 0 spiro atoms. The number of aliphatic hydroxyl groups excluding tert-OH is 1. The number of aliphatic hydroxyl groups is 1. The van der Waals surface area contributed by atoms with Crippen molar-refractivity contribution in [2.75, 3.05) is 0 Å². The first-order chi connectivity index (χ1) is 15.9. The Hall–Kier alpha value is -3.43. The molecular formula is C25H28N2O6. The molecule has 0 fully saturated rings. The minimum Gasteiger partial charge on any atom is -0.504 e. The molecule has 3 aromatic rings. The van der Waals surface area contributed by atoms with Crippen LogP contribution in [0, 0.1) is 0 Å². The van der Waals surface area contributed by atoms with Crippen molar-refractivity contribution in [2.45, 2.75) is 38.5 Å². The monoisotopic (exact) mass is 452 g/mol. The maximum Gasteiger partial charge on any atom is 0.328 e. The predicted molar refractivity (Wildman–Crippen MR) is 122 cm³/mol. The Labute approximate surface area is 192 Å². The number of aromatic hydroxyl groups is 2. The van der Waals surface area contributed by atoms with E-state index in [0.717, 1.165) is 11.1 Å². The fourth-order valence-corrected chi connectivity index (χ4v) is 3.15. The zero-order chi connectivity index (χ0) is 23.7. The van der Waals surface area contributed by atoms with Crippen LogP contribution in [-0.2, 0) is 33.9 Å². The molecule has 0 saturated heterocycles. The van der Waals surface area contributed by atoms with Crippen LogP contribution in [0.2, 0.25) is 0 Å². The molecule has 1 unspecified atom stereocenters. The molecule has 174 valence electrons. The Morgan fingerprint density at radius 2 is 1.48 bits per heavy atom. The Morgan fingerprint density at radius 1 is 0.879 bits per heavy atom. The Morgan fingerprint density at radius 3 is 2.09 bits per heavy atom. The lowest BCUT2D eigenvalue weighted by Crippen LogP contribution is -2.60. The van der Waals surface area contributed by atoms with Gasteiger partial charge in [-0.25, -0.2) is 15.6 Å². The van der Waals surface area contributed by atoms with Crippen LogP contribution in [0.25, 0.3) is 0 Å². The van der Waals surface area contributed by atoms with E-state index in [-0.39, 0.29) is 31.1 Å². The van der Waals surface area contributed by atoms with Gasteiger partial charge < -0.3 is 24.8 Å². The van der Waals surface area contributed by atoms with E-state index < -0.39 is 17.9 Å². The zero-order valence-electron chi connectivity index (χ0n) is 18.3. The number of esters is 1. The summed E-state index contributed by atoms with van der Waals surface area (Å²) in [6.45, 7) is 1.84. The van der Waals surface area contributed by atoms with E-state index in [1.54, 1.807) is 13.0 Å². The molecule has 3 aromatic carbocycles. The fourth-order valence-electron chi connectivity index (χ4n) is 3.15. The molecule has 3 rings (SSSR count). The topological polar surface area (TPSA) is 120 Å². The lowest BCUT2D eigenvalue weighted by Gasteiger charge is -2.30. The van der Waals surface area contributed by atoms with Crippen molar-refractivity contribution in [3.8, 4) is 11.5 Å². The lowest BCUT2D eigenvalue weighted by atomic mass is 9.93. The summed E-state index contributed by atoms with van der Waals surface area (Å²) >= 11 is 0. The average Bonchev–Trinajstić information content (AvgIpc) is 2.83. The van der Waals surface area contributed by atoms with Gasteiger partial charge in [0.05, 0.1) is 6.61 Å². The van der Waals surface area contributed by atoms with Crippen LogP contribution in [0.4, 0.5) is 0 Å². The van der Waals surface area contributed by atoms with E-state index >= 15 is 0 Å². The van der Waals surface area contributed by atoms with E-state index in [4.69, 9.17) is 9.47 Å². The predicted octanol–water partition coefficient (Wildman–Crippen LogP) is 2.73. The van der Waals surface area contributed by atoms with Crippen LogP contribution in [0.15, 0.2) is 78.9 Å². The molecule has 0 aliphatic carbocycles. The molecule has 0 heterocycles. The molecule has 2 atom stereocenters. The molecule has 0 radical (unpaired) electrons. The second-order valence-corrected chi connectivity index (χ2v) is 7.81. The lowest BCUT2D eigenvalue weighted by molar-refractivity contribution is -0.160. The van der Waals surface area contributed by atoms with Gasteiger partial charge >= 0.3 is 5.97 Å². The largest absolute Gasteiger partial charge is 0.504 e. The molecule has 8 heteroatoms. The maximum atomic E-state index is 13.0. The minimum atomic E-state index is -1.40. The first-order valence-corrected chi connectivity index (χ1v) is 10.4. The SMILES string of the molecule is C[C@@](Cc1ccc(O)c(O)c1)(NNC(O)OCc1ccccc1)C(=O)OCc1ccccc1. The second-order valence-electron chi connectivity index (χ2n) is 7.81. The van der Waals surface area contributed by atoms with Crippen LogP contribution in [0.3, 0.4) is 0 Å². The smallest absolute Gasteiger partial charge is 0.328 e. The average molecular weight is 453 g/mol. The van der Waals surface area contributed by atoms with E-state index in [9.17, 15) is 20.1 Å². The quantitative estimate of drug-likeness (QED) is 0.130. The Bertz CT molecular complexity index is 1030. The van der Waals surface area contributed by atoms with Gasteiger partial charge in [0.15, 0.2) is 11.5 Å². The highest BCUT2D eigenvalue weighted by molar-refractivity contribution is 5.80. The van der Waals surface area contributed by atoms with Crippen LogP contribution < -0.4 is 10.9 Å². The van der Waals surface area contributed by atoms with Crippen LogP contribution in [-0.4, -0.2) is 33.2 Å². The summed E-state index contributed by atoms with van der Waals surface area (Å²) in [5.41, 5.74) is 6.33. The number of nitrogens with one attached hydrogen (secondary N) is 2. The van der Waals surface area contributed by atoms with Crippen molar-refractivity contribution in [3.63, 3.8) is 0 Å². The van der Waals surface area contributed by atoms with Crippen molar-refractivity contribution in [3.05, 3.63) is 95.6 Å². The number of benzene rings is 3. The van der Waals surface area contributed by atoms with Crippen LogP contribution in [0.5, 0.6) is 11.5 Å². The summed E-state index contributed by atoms with van der Waals surface area (Å²) in [7, 11) is 0. The van der Waals surface area contributed by atoms with Gasteiger partial charge in [-0.3, -0.25) is 0 Å². The number of phenolic OH excluding ortho intramolecular Hbond substituents is 2. The standard InChI is InChI=1S/C25H28N2O6/c1-25(15-20-12-13-21(28)22(29)14-20,23(30)32-16-18-8-4-2-5-9-18)27-26-24(31)33-17-19-10-6-3-7-11-19/h2-14,24,26-29,31H,15-17H2,1H3/t24?,25-/m0/s1. The van der Waals surface area contributed by atoms with Gasteiger partial charge in [0.2, 0.25) is 6.41 Å². The van der Waals surface area contributed by atoms with Crippen molar-refractivity contribution < 1.29 is 29.6 Å². The van der Waals surface area contributed by atoms with Gasteiger partial charge in [-0.15, -0.1) is 0 Å². The number of hydrogen-bond acceptors (Lipinski definition) is 8. The van der Waals surface area contributed by atoms with Crippen molar-refractivity contribution in [2.24, 2.45) is 0 Å². The molecule has 8 nitrogen and oxygen atoms in total. The third-order valence-corrected chi connectivity index (χ3v) is 4.98. The number of hydrogen-bond donors (Lipinski definition) is 5. The normalized spacial score (nSPS) is 13.8. The number of rotatable bonds is 11. The summed E-state index contributed by atoms with van der Waals surface area (Å²) in [5, 5.41) is 29.6. The summed E-state index contributed by atoms with van der Waals surface area (Å²) < 4.78 is 10.9. The minimum absolute atomic E-state index is 0.0742. The number of hydrazine groups is 1. The summed E-state index contributed by atoms with van der Waals surface area (Å²) in [4.78, 5) is 13.0. The molecule has 5 N–H and O–H groups in total. The highest BCUT2D eigenvalue weighted by Gasteiger charge is 2.36. The second kappa shape index (κ2) is 11.4. The molecule has 0 saturated carbocycles. The number of ether oxygens (including phenoxy) is 2. The van der Waals surface area contributed by atoms with Gasteiger partial charge in [-0.2, -0.15) is 0 Å². The molecular weight excluding hydrogens is 424 g/mol. The molecule has 0 bridgehead atoms.